The Labute approximate surface area is 128 Å². The van der Waals surface area contributed by atoms with Gasteiger partial charge in [-0.05, 0) is 48.9 Å². The normalized spacial score (nSPS) is 24.9. The van der Waals surface area contributed by atoms with E-state index in [-0.39, 0.29) is 0 Å². The minimum absolute atomic E-state index is 0.488. The summed E-state index contributed by atoms with van der Waals surface area (Å²) < 4.78 is 0. The highest BCUT2D eigenvalue weighted by Gasteiger charge is 2.31. The van der Waals surface area contributed by atoms with Gasteiger partial charge in [-0.2, -0.15) is 0 Å². The SMILES string of the molecule is CC(C)(C)C1CCN(CC2CSc3ccccc32)CC1. The van der Waals surface area contributed by atoms with Crippen LogP contribution in [-0.2, 0) is 0 Å². The molecule has 1 saturated heterocycles. The molecule has 2 aliphatic heterocycles. The Morgan fingerprint density at radius 1 is 1.15 bits per heavy atom. The van der Waals surface area contributed by atoms with E-state index in [0.29, 0.717) is 5.41 Å². The summed E-state index contributed by atoms with van der Waals surface area (Å²) in [4.78, 5) is 4.22. The van der Waals surface area contributed by atoms with E-state index in [9.17, 15) is 0 Å². The van der Waals surface area contributed by atoms with E-state index in [4.69, 9.17) is 0 Å². The summed E-state index contributed by atoms with van der Waals surface area (Å²) in [5, 5.41) is 0. The van der Waals surface area contributed by atoms with E-state index in [1.165, 1.54) is 43.1 Å². The molecule has 0 amide bonds. The highest BCUT2D eigenvalue weighted by atomic mass is 32.2. The van der Waals surface area contributed by atoms with Gasteiger partial charge in [0.25, 0.3) is 0 Å². The van der Waals surface area contributed by atoms with E-state index in [1.807, 2.05) is 11.8 Å². The zero-order chi connectivity index (χ0) is 14.2. The molecule has 0 aromatic heterocycles. The van der Waals surface area contributed by atoms with Crippen molar-refractivity contribution in [1.29, 1.82) is 0 Å². The Kier molecular flexibility index (Phi) is 4.14. The maximum Gasteiger partial charge on any atom is 0.0108 e. The van der Waals surface area contributed by atoms with Gasteiger partial charge >= 0.3 is 0 Å². The molecular weight excluding hydrogens is 262 g/mol. The number of piperidine rings is 1. The molecule has 1 fully saturated rings. The van der Waals surface area contributed by atoms with Gasteiger partial charge in [-0.15, -0.1) is 11.8 Å². The van der Waals surface area contributed by atoms with E-state index < -0.39 is 0 Å². The van der Waals surface area contributed by atoms with Crippen molar-refractivity contribution in [3.05, 3.63) is 29.8 Å². The summed E-state index contributed by atoms with van der Waals surface area (Å²) >= 11 is 2.04. The van der Waals surface area contributed by atoms with Crippen molar-refractivity contribution in [2.75, 3.05) is 25.4 Å². The third kappa shape index (κ3) is 3.07. The highest BCUT2D eigenvalue weighted by molar-refractivity contribution is 7.99. The summed E-state index contributed by atoms with van der Waals surface area (Å²) in [6.45, 7) is 11.1. The Morgan fingerprint density at radius 2 is 1.85 bits per heavy atom. The van der Waals surface area contributed by atoms with Crippen LogP contribution in [0.25, 0.3) is 0 Å². The third-order valence-electron chi connectivity index (χ3n) is 5.09. The molecule has 0 aliphatic carbocycles. The van der Waals surface area contributed by atoms with Crippen LogP contribution in [-0.4, -0.2) is 30.3 Å². The molecule has 0 spiro atoms. The fourth-order valence-corrected chi connectivity index (χ4v) is 4.92. The second-order valence-corrected chi connectivity index (χ2v) is 8.55. The van der Waals surface area contributed by atoms with Crippen LogP contribution in [0.4, 0.5) is 0 Å². The Bertz CT molecular complexity index is 455. The maximum atomic E-state index is 2.70. The summed E-state index contributed by atoms with van der Waals surface area (Å²) in [6, 6.07) is 8.99. The number of rotatable bonds is 2. The standard InChI is InChI=1S/C18H27NS/c1-18(2,3)15-8-10-19(11-9-15)12-14-13-20-17-7-5-4-6-16(14)17/h4-7,14-15H,8-13H2,1-3H3. The number of benzene rings is 1. The van der Waals surface area contributed by atoms with E-state index >= 15 is 0 Å². The first-order valence-corrected chi connectivity index (χ1v) is 8.96. The predicted octanol–water partition coefficient (Wildman–Crippen LogP) is 4.63. The van der Waals surface area contributed by atoms with Crippen molar-refractivity contribution in [3.63, 3.8) is 0 Å². The molecule has 1 aromatic carbocycles. The summed E-state index contributed by atoms with van der Waals surface area (Å²) in [6.07, 6.45) is 2.76. The molecular formula is C18H27NS. The molecule has 2 heteroatoms. The maximum absolute atomic E-state index is 2.70. The lowest BCUT2D eigenvalue weighted by Crippen LogP contribution is -2.39. The predicted molar refractivity (Wildman–Crippen MR) is 88.5 cm³/mol. The number of hydrogen-bond donors (Lipinski definition) is 0. The van der Waals surface area contributed by atoms with Crippen LogP contribution in [0.3, 0.4) is 0 Å². The van der Waals surface area contributed by atoms with Gasteiger partial charge in [0.1, 0.15) is 0 Å². The number of hydrogen-bond acceptors (Lipinski definition) is 2. The van der Waals surface area contributed by atoms with Crippen LogP contribution in [0, 0.1) is 11.3 Å². The first-order valence-electron chi connectivity index (χ1n) is 7.98. The van der Waals surface area contributed by atoms with Gasteiger partial charge < -0.3 is 4.90 Å². The fourth-order valence-electron chi connectivity index (χ4n) is 3.67. The zero-order valence-electron chi connectivity index (χ0n) is 13.1. The topological polar surface area (TPSA) is 3.24 Å². The lowest BCUT2D eigenvalue weighted by atomic mass is 9.75. The molecule has 0 saturated carbocycles. The smallest absolute Gasteiger partial charge is 0.0108 e. The number of nitrogens with zero attached hydrogens (tertiary/aromatic N) is 1. The first kappa shape index (κ1) is 14.5. The van der Waals surface area contributed by atoms with Crippen LogP contribution in [0.2, 0.25) is 0 Å². The van der Waals surface area contributed by atoms with E-state index in [2.05, 4.69) is 49.9 Å². The van der Waals surface area contributed by atoms with Gasteiger partial charge in [0.05, 0.1) is 0 Å². The molecule has 20 heavy (non-hydrogen) atoms. The Morgan fingerprint density at radius 3 is 2.55 bits per heavy atom. The van der Waals surface area contributed by atoms with Crippen LogP contribution in [0.15, 0.2) is 29.2 Å². The van der Waals surface area contributed by atoms with Crippen LogP contribution >= 0.6 is 11.8 Å². The summed E-state index contributed by atoms with van der Waals surface area (Å²) in [7, 11) is 0. The fraction of sp³-hybridized carbons (Fsp3) is 0.667. The molecule has 2 aliphatic rings. The minimum atomic E-state index is 0.488. The number of thioether (sulfide) groups is 1. The molecule has 1 nitrogen and oxygen atoms in total. The van der Waals surface area contributed by atoms with Crippen LogP contribution in [0.1, 0.15) is 45.1 Å². The van der Waals surface area contributed by atoms with Gasteiger partial charge in [-0.3, -0.25) is 0 Å². The van der Waals surface area contributed by atoms with Crippen molar-refractivity contribution < 1.29 is 0 Å². The molecule has 0 N–H and O–H groups in total. The van der Waals surface area contributed by atoms with Gasteiger partial charge in [0, 0.05) is 23.1 Å². The zero-order valence-corrected chi connectivity index (χ0v) is 13.9. The first-order chi connectivity index (χ1) is 9.54. The molecule has 1 aromatic rings. The van der Waals surface area contributed by atoms with E-state index in [0.717, 1.165) is 11.8 Å². The number of likely N-dealkylation sites (tertiary alicyclic amines) is 1. The third-order valence-corrected chi connectivity index (χ3v) is 6.34. The Hall–Kier alpha value is -0.470. The van der Waals surface area contributed by atoms with Gasteiger partial charge in [-0.25, -0.2) is 0 Å². The molecule has 1 atom stereocenters. The van der Waals surface area contributed by atoms with Crippen molar-refractivity contribution >= 4 is 11.8 Å². The second-order valence-electron chi connectivity index (χ2n) is 7.49. The van der Waals surface area contributed by atoms with Crippen LogP contribution in [0.5, 0.6) is 0 Å². The van der Waals surface area contributed by atoms with E-state index in [1.54, 1.807) is 5.56 Å². The minimum Gasteiger partial charge on any atom is -0.303 e. The van der Waals surface area contributed by atoms with Gasteiger partial charge in [-0.1, -0.05) is 39.0 Å². The van der Waals surface area contributed by atoms with Crippen LogP contribution < -0.4 is 0 Å². The van der Waals surface area contributed by atoms with Crippen molar-refractivity contribution in [2.24, 2.45) is 11.3 Å². The van der Waals surface area contributed by atoms with Crippen molar-refractivity contribution in [3.8, 4) is 0 Å². The average molecular weight is 289 g/mol. The number of fused-ring (bicyclic) bond motifs is 1. The molecule has 0 bridgehead atoms. The Balaban J connectivity index is 1.56. The quantitative estimate of drug-likeness (QED) is 0.780. The summed E-state index contributed by atoms with van der Waals surface area (Å²) in [5.74, 6) is 2.94. The molecule has 1 unspecified atom stereocenters. The lowest BCUT2D eigenvalue weighted by molar-refractivity contribution is 0.109. The average Bonchev–Trinajstić information content (AvgIpc) is 2.82. The largest absolute Gasteiger partial charge is 0.303 e. The summed E-state index contributed by atoms with van der Waals surface area (Å²) in [5.41, 5.74) is 2.08. The second kappa shape index (κ2) is 5.73. The van der Waals surface area contributed by atoms with Gasteiger partial charge in [0.15, 0.2) is 0 Å². The highest BCUT2D eigenvalue weighted by Crippen LogP contribution is 2.40. The molecule has 3 rings (SSSR count). The molecule has 110 valence electrons. The molecule has 2 heterocycles. The van der Waals surface area contributed by atoms with Gasteiger partial charge in [0.2, 0.25) is 0 Å². The monoisotopic (exact) mass is 289 g/mol. The van der Waals surface area contributed by atoms with Crippen molar-refractivity contribution in [1.82, 2.24) is 4.90 Å². The lowest BCUT2D eigenvalue weighted by Gasteiger charge is -2.39. The molecule has 0 radical (unpaired) electrons. The van der Waals surface area contributed by atoms with Crippen molar-refractivity contribution in [2.45, 2.75) is 44.4 Å².